The van der Waals surface area contributed by atoms with Crippen LogP contribution in [0.15, 0.2) is 18.2 Å². The second kappa shape index (κ2) is 4.59. The molecule has 0 aliphatic rings. The van der Waals surface area contributed by atoms with Crippen molar-refractivity contribution >= 4 is 6.29 Å². The first kappa shape index (κ1) is 9.70. The van der Waals surface area contributed by atoms with E-state index in [9.17, 15) is 4.79 Å². The van der Waals surface area contributed by atoms with Crippen molar-refractivity contribution in [3.63, 3.8) is 0 Å². The molecule has 1 aromatic carbocycles. The molecular weight excluding hydrogens is 170 g/mol. The van der Waals surface area contributed by atoms with Gasteiger partial charge in [0, 0.05) is 12.1 Å². The van der Waals surface area contributed by atoms with Crippen LogP contribution in [0.25, 0.3) is 0 Å². The predicted molar refractivity (Wildman–Crippen MR) is 47.0 cm³/mol. The molecule has 0 spiro atoms. The van der Waals surface area contributed by atoms with Crippen LogP contribution in [0.2, 0.25) is 0 Å². The smallest absolute Gasteiger partial charge is 0.150 e. The van der Waals surface area contributed by atoms with Gasteiger partial charge in [-0.15, -0.1) is 0 Å². The van der Waals surface area contributed by atoms with Gasteiger partial charge in [0.05, 0.1) is 7.11 Å². The van der Waals surface area contributed by atoms with E-state index < -0.39 is 0 Å². The van der Waals surface area contributed by atoms with Crippen molar-refractivity contribution in [2.24, 2.45) is 0 Å². The minimum atomic E-state index is 0.248. The van der Waals surface area contributed by atoms with Crippen LogP contribution in [-0.2, 0) is 6.54 Å². The fourth-order valence-corrected chi connectivity index (χ4v) is 1.06. The normalized spacial score (nSPS) is 9.69. The quantitative estimate of drug-likeness (QED) is 0.537. The van der Waals surface area contributed by atoms with Gasteiger partial charge in [0.2, 0.25) is 0 Å². The Balaban J connectivity index is 3.00. The third-order valence-electron chi connectivity index (χ3n) is 1.75. The third-order valence-corrected chi connectivity index (χ3v) is 1.75. The zero-order valence-electron chi connectivity index (χ0n) is 7.28. The molecule has 0 saturated heterocycles. The van der Waals surface area contributed by atoms with Gasteiger partial charge in [-0.25, -0.2) is 5.48 Å². The van der Waals surface area contributed by atoms with E-state index in [2.05, 4.69) is 0 Å². The van der Waals surface area contributed by atoms with Crippen LogP contribution < -0.4 is 10.2 Å². The number of ether oxygens (including phenoxy) is 1. The van der Waals surface area contributed by atoms with Crippen molar-refractivity contribution < 1.29 is 14.7 Å². The number of nitrogens with one attached hydrogen (secondary N) is 1. The summed E-state index contributed by atoms with van der Waals surface area (Å²) in [5.41, 5.74) is 3.25. The van der Waals surface area contributed by atoms with Crippen molar-refractivity contribution in [3.05, 3.63) is 29.3 Å². The SMILES string of the molecule is COc1ccc(CNO)c(C=O)c1. The van der Waals surface area contributed by atoms with Gasteiger partial charge in [0.15, 0.2) is 6.29 Å². The molecule has 2 N–H and O–H groups in total. The van der Waals surface area contributed by atoms with E-state index in [1.165, 1.54) is 7.11 Å². The van der Waals surface area contributed by atoms with E-state index in [-0.39, 0.29) is 6.54 Å². The molecule has 0 bridgehead atoms. The standard InChI is InChI=1S/C9H11NO3/c1-13-9-3-2-7(5-10-12)8(4-9)6-11/h2-4,6,10,12H,5H2,1H3. The van der Waals surface area contributed by atoms with Gasteiger partial charge >= 0.3 is 0 Å². The maximum Gasteiger partial charge on any atom is 0.150 e. The lowest BCUT2D eigenvalue weighted by Crippen LogP contribution is -2.08. The molecule has 0 atom stereocenters. The zero-order chi connectivity index (χ0) is 9.68. The lowest BCUT2D eigenvalue weighted by Gasteiger charge is -2.05. The fraction of sp³-hybridized carbons (Fsp3) is 0.222. The molecule has 4 heteroatoms. The Hall–Kier alpha value is -1.39. The van der Waals surface area contributed by atoms with Gasteiger partial charge in [0.1, 0.15) is 5.75 Å². The van der Waals surface area contributed by atoms with E-state index in [4.69, 9.17) is 9.94 Å². The minimum Gasteiger partial charge on any atom is -0.497 e. The first-order valence-corrected chi connectivity index (χ1v) is 3.81. The summed E-state index contributed by atoms with van der Waals surface area (Å²) in [5, 5.41) is 8.47. The summed E-state index contributed by atoms with van der Waals surface area (Å²) in [5.74, 6) is 0.629. The largest absolute Gasteiger partial charge is 0.497 e. The van der Waals surface area contributed by atoms with Gasteiger partial charge in [-0.05, 0) is 17.7 Å². The summed E-state index contributed by atoms with van der Waals surface area (Å²) < 4.78 is 4.95. The Kier molecular flexibility index (Phi) is 3.42. The fourth-order valence-electron chi connectivity index (χ4n) is 1.06. The number of hydrogen-bond donors (Lipinski definition) is 2. The Morgan fingerprint density at radius 3 is 2.92 bits per heavy atom. The number of carbonyl (C=O) groups is 1. The zero-order valence-corrected chi connectivity index (χ0v) is 7.28. The summed E-state index contributed by atoms with van der Waals surface area (Å²) in [6.45, 7) is 0.248. The van der Waals surface area contributed by atoms with Crippen LogP contribution in [-0.4, -0.2) is 18.6 Å². The van der Waals surface area contributed by atoms with E-state index in [1.807, 2.05) is 5.48 Å². The van der Waals surface area contributed by atoms with Gasteiger partial charge in [-0.3, -0.25) is 4.79 Å². The predicted octanol–water partition coefficient (Wildman–Crippen LogP) is 0.986. The van der Waals surface area contributed by atoms with Crippen molar-refractivity contribution in [1.29, 1.82) is 0 Å². The number of hydroxylamine groups is 1. The van der Waals surface area contributed by atoms with Crippen LogP contribution in [0.1, 0.15) is 15.9 Å². The Labute approximate surface area is 76.1 Å². The Morgan fingerprint density at radius 1 is 1.62 bits per heavy atom. The minimum absolute atomic E-state index is 0.248. The number of hydrogen-bond acceptors (Lipinski definition) is 4. The number of methoxy groups -OCH3 is 1. The molecule has 1 aromatic rings. The maximum absolute atomic E-state index is 10.6. The molecule has 0 aliphatic heterocycles. The molecule has 70 valence electrons. The second-order valence-electron chi connectivity index (χ2n) is 2.52. The molecule has 0 amide bonds. The van der Waals surface area contributed by atoms with Gasteiger partial charge in [0.25, 0.3) is 0 Å². The van der Waals surface area contributed by atoms with E-state index in [0.717, 1.165) is 11.8 Å². The Morgan fingerprint density at radius 2 is 2.38 bits per heavy atom. The molecule has 0 aromatic heterocycles. The maximum atomic E-state index is 10.6. The summed E-state index contributed by atoms with van der Waals surface area (Å²) >= 11 is 0. The Bertz CT molecular complexity index is 299. The first-order chi connectivity index (χ1) is 6.31. The molecule has 0 saturated carbocycles. The van der Waals surface area contributed by atoms with Crippen molar-refractivity contribution in [2.75, 3.05) is 7.11 Å². The molecular formula is C9H11NO3. The summed E-state index contributed by atoms with van der Waals surface area (Å²) in [6, 6.07) is 5.09. The molecule has 0 aliphatic carbocycles. The highest BCUT2D eigenvalue weighted by Crippen LogP contribution is 2.15. The second-order valence-corrected chi connectivity index (χ2v) is 2.52. The molecule has 0 heterocycles. The molecule has 13 heavy (non-hydrogen) atoms. The van der Waals surface area contributed by atoms with Gasteiger partial charge < -0.3 is 9.94 Å². The van der Waals surface area contributed by atoms with Crippen LogP contribution >= 0.6 is 0 Å². The number of carbonyl (C=O) groups excluding carboxylic acids is 1. The highest BCUT2D eigenvalue weighted by atomic mass is 16.5. The topological polar surface area (TPSA) is 58.6 Å². The molecule has 0 unspecified atom stereocenters. The molecule has 0 fully saturated rings. The summed E-state index contributed by atoms with van der Waals surface area (Å²) in [6.07, 6.45) is 0.731. The van der Waals surface area contributed by atoms with Crippen molar-refractivity contribution in [1.82, 2.24) is 5.48 Å². The van der Waals surface area contributed by atoms with E-state index in [1.54, 1.807) is 18.2 Å². The molecule has 1 rings (SSSR count). The highest BCUT2D eigenvalue weighted by Gasteiger charge is 2.02. The highest BCUT2D eigenvalue weighted by molar-refractivity contribution is 5.78. The summed E-state index contributed by atoms with van der Waals surface area (Å²) in [7, 11) is 1.54. The van der Waals surface area contributed by atoms with Crippen LogP contribution in [0, 0.1) is 0 Å². The van der Waals surface area contributed by atoms with E-state index in [0.29, 0.717) is 11.3 Å². The van der Waals surface area contributed by atoms with Gasteiger partial charge in [-0.2, -0.15) is 0 Å². The molecule has 0 radical (unpaired) electrons. The van der Waals surface area contributed by atoms with Gasteiger partial charge in [-0.1, -0.05) is 6.07 Å². The average molecular weight is 181 g/mol. The summed E-state index contributed by atoms with van der Waals surface area (Å²) in [4.78, 5) is 10.6. The molecule has 4 nitrogen and oxygen atoms in total. The van der Waals surface area contributed by atoms with Crippen LogP contribution in [0.5, 0.6) is 5.75 Å². The third kappa shape index (κ3) is 2.27. The number of rotatable bonds is 4. The number of benzene rings is 1. The van der Waals surface area contributed by atoms with Crippen LogP contribution in [0.4, 0.5) is 0 Å². The average Bonchev–Trinajstić information content (AvgIpc) is 2.19. The van der Waals surface area contributed by atoms with Crippen molar-refractivity contribution in [2.45, 2.75) is 6.54 Å². The number of aldehydes is 1. The van der Waals surface area contributed by atoms with Crippen LogP contribution in [0.3, 0.4) is 0 Å². The lowest BCUT2D eigenvalue weighted by molar-refractivity contribution is 0.112. The van der Waals surface area contributed by atoms with E-state index >= 15 is 0 Å². The van der Waals surface area contributed by atoms with Crippen molar-refractivity contribution in [3.8, 4) is 5.75 Å². The first-order valence-electron chi connectivity index (χ1n) is 3.81. The lowest BCUT2D eigenvalue weighted by atomic mass is 10.1. The monoisotopic (exact) mass is 181 g/mol.